The van der Waals surface area contributed by atoms with Crippen LogP contribution in [0.5, 0.6) is 11.5 Å². The number of carbonyl (C=O) groups is 2. The summed E-state index contributed by atoms with van der Waals surface area (Å²) < 4.78 is 15.5. The molecule has 1 N–H and O–H groups in total. The van der Waals surface area contributed by atoms with Gasteiger partial charge in [-0.05, 0) is 13.0 Å². The SMILES string of the molecule is Cc1cc2c(c(SCC(=O)Nc3cc4c(cc3C#N)OCO4)n1)C(=O)OC2. The lowest BCUT2D eigenvalue weighted by Gasteiger charge is -2.09. The summed E-state index contributed by atoms with van der Waals surface area (Å²) in [6.07, 6.45) is 0. The summed E-state index contributed by atoms with van der Waals surface area (Å²) in [5.41, 5.74) is 2.56. The van der Waals surface area contributed by atoms with Crippen LogP contribution in [-0.2, 0) is 16.1 Å². The van der Waals surface area contributed by atoms with Gasteiger partial charge in [0, 0.05) is 23.4 Å². The van der Waals surface area contributed by atoms with Crippen molar-refractivity contribution >= 4 is 29.3 Å². The lowest BCUT2D eigenvalue weighted by Crippen LogP contribution is -2.15. The fraction of sp³-hybridized carbons (Fsp3) is 0.222. The molecule has 0 spiro atoms. The van der Waals surface area contributed by atoms with E-state index in [0.29, 0.717) is 27.8 Å². The smallest absolute Gasteiger partial charge is 0.341 e. The molecule has 0 bridgehead atoms. The first-order valence-corrected chi connectivity index (χ1v) is 8.98. The second-order valence-electron chi connectivity index (χ2n) is 5.88. The van der Waals surface area contributed by atoms with Crippen LogP contribution < -0.4 is 14.8 Å². The highest BCUT2D eigenvalue weighted by molar-refractivity contribution is 8.00. The second kappa shape index (κ2) is 6.81. The fourth-order valence-corrected chi connectivity index (χ4v) is 3.73. The van der Waals surface area contributed by atoms with Crippen LogP contribution in [0.2, 0.25) is 0 Å². The third-order valence-corrected chi connectivity index (χ3v) is 4.98. The number of carbonyl (C=O) groups excluding carboxylic acids is 2. The van der Waals surface area contributed by atoms with Gasteiger partial charge in [0.15, 0.2) is 11.5 Å². The van der Waals surface area contributed by atoms with Crippen LogP contribution in [0.1, 0.15) is 27.2 Å². The molecule has 0 radical (unpaired) electrons. The minimum absolute atomic E-state index is 0.0233. The Labute approximate surface area is 158 Å². The van der Waals surface area contributed by atoms with E-state index in [1.807, 2.05) is 13.0 Å². The number of nitrogens with one attached hydrogen (secondary N) is 1. The molecule has 2 aliphatic heterocycles. The van der Waals surface area contributed by atoms with Gasteiger partial charge in [-0.1, -0.05) is 11.8 Å². The summed E-state index contributed by atoms with van der Waals surface area (Å²) in [7, 11) is 0. The Kier molecular flexibility index (Phi) is 4.33. The van der Waals surface area contributed by atoms with Crippen LogP contribution in [0.4, 0.5) is 5.69 Å². The normalized spacial score (nSPS) is 13.7. The van der Waals surface area contributed by atoms with E-state index < -0.39 is 5.97 Å². The molecule has 0 saturated carbocycles. The summed E-state index contributed by atoms with van der Waals surface area (Å²) in [4.78, 5) is 28.6. The Bertz CT molecular complexity index is 1020. The molecule has 0 fully saturated rings. The number of hydrogen-bond acceptors (Lipinski definition) is 8. The quantitative estimate of drug-likeness (QED) is 0.633. The first kappa shape index (κ1) is 17.2. The standard InChI is InChI=1S/C18H13N3O5S/c1-9-2-11-6-24-18(23)16(11)17(20-9)27-7-15(22)21-12-4-14-13(25-8-26-14)3-10(12)5-19/h2-4H,6-8H2,1H3,(H,21,22). The van der Waals surface area contributed by atoms with Gasteiger partial charge in [0.05, 0.1) is 22.6 Å². The number of nitrogens with zero attached hydrogens (tertiary/aromatic N) is 2. The first-order chi connectivity index (χ1) is 13.0. The van der Waals surface area contributed by atoms with Crippen LogP contribution >= 0.6 is 11.8 Å². The summed E-state index contributed by atoms with van der Waals surface area (Å²) in [6, 6.07) is 6.91. The minimum atomic E-state index is -0.428. The van der Waals surface area contributed by atoms with E-state index in [-0.39, 0.29) is 30.6 Å². The molecule has 4 rings (SSSR count). The number of rotatable bonds is 4. The van der Waals surface area contributed by atoms with E-state index in [9.17, 15) is 14.9 Å². The van der Waals surface area contributed by atoms with Crippen molar-refractivity contribution in [2.45, 2.75) is 18.6 Å². The molecule has 1 aromatic carbocycles. The number of cyclic esters (lactones) is 1. The average molecular weight is 383 g/mol. The van der Waals surface area contributed by atoms with Gasteiger partial charge in [-0.25, -0.2) is 9.78 Å². The maximum absolute atomic E-state index is 12.4. The van der Waals surface area contributed by atoms with E-state index in [1.165, 1.54) is 6.07 Å². The molecule has 1 amide bonds. The highest BCUT2D eigenvalue weighted by Crippen LogP contribution is 2.37. The molecule has 2 aromatic rings. The lowest BCUT2D eigenvalue weighted by molar-refractivity contribution is -0.113. The van der Waals surface area contributed by atoms with Crippen LogP contribution in [0, 0.1) is 18.3 Å². The van der Waals surface area contributed by atoms with Gasteiger partial charge in [-0.2, -0.15) is 5.26 Å². The third kappa shape index (κ3) is 3.27. The minimum Gasteiger partial charge on any atom is -0.457 e. The van der Waals surface area contributed by atoms with Crippen LogP contribution in [-0.4, -0.2) is 29.4 Å². The maximum Gasteiger partial charge on any atom is 0.341 e. The van der Waals surface area contributed by atoms with Gasteiger partial charge < -0.3 is 19.5 Å². The molecule has 27 heavy (non-hydrogen) atoms. The van der Waals surface area contributed by atoms with Gasteiger partial charge >= 0.3 is 5.97 Å². The number of hydrogen-bond donors (Lipinski definition) is 1. The Morgan fingerprint density at radius 2 is 2.07 bits per heavy atom. The Morgan fingerprint density at radius 1 is 1.30 bits per heavy atom. The summed E-state index contributed by atoms with van der Waals surface area (Å²) in [5.74, 6) is 0.201. The predicted octanol–water partition coefficient (Wildman–Crippen LogP) is 2.39. The zero-order chi connectivity index (χ0) is 19.0. The van der Waals surface area contributed by atoms with Crippen LogP contribution in [0.25, 0.3) is 0 Å². The highest BCUT2D eigenvalue weighted by Gasteiger charge is 2.27. The third-order valence-electron chi connectivity index (χ3n) is 4.01. The largest absolute Gasteiger partial charge is 0.457 e. The van der Waals surface area contributed by atoms with Crippen molar-refractivity contribution in [2.24, 2.45) is 0 Å². The number of anilines is 1. The number of ether oxygens (including phenoxy) is 3. The number of aryl methyl sites for hydroxylation is 1. The lowest BCUT2D eigenvalue weighted by atomic mass is 10.1. The Hall–Kier alpha value is -3.25. The number of aromatic nitrogens is 1. The summed E-state index contributed by atoms with van der Waals surface area (Å²) in [6.45, 7) is 2.12. The molecule has 0 saturated heterocycles. The molecule has 9 heteroatoms. The van der Waals surface area contributed by atoms with Crippen molar-refractivity contribution in [1.82, 2.24) is 4.98 Å². The van der Waals surface area contributed by atoms with Gasteiger partial charge in [0.1, 0.15) is 17.7 Å². The molecule has 8 nitrogen and oxygen atoms in total. The molecule has 0 aliphatic carbocycles. The van der Waals surface area contributed by atoms with Crippen molar-refractivity contribution < 1.29 is 23.8 Å². The van der Waals surface area contributed by atoms with Crippen molar-refractivity contribution in [3.63, 3.8) is 0 Å². The highest BCUT2D eigenvalue weighted by atomic mass is 32.2. The van der Waals surface area contributed by atoms with Crippen molar-refractivity contribution in [2.75, 3.05) is 17.9 Å². The molecule has 3 heterocycles. The molecule has 136 valence electrons. The van der Waals surface area contributed by atoms with Crippen molar-refractivity contribution in [1.29, 1.82) is 5.26 Å². The van der Waals surface area contributed by atoms with Crippen molar-refractivity contribution in [3.8, 4) is 17.6 Å². The molecule has 0 atom stereocenters. The van der Waals surface area contributed by atoms with Crippen LogP contribution in [0.15, 0.2) is 23.2 Å². The van der Waals surface area contributed by atoms with Crippen molar-refractivity contribution in [3.05, 3.63) is 40.6 Å². The molecule has 0 unspecified atom stereocenters. The van der Waals surface area contributed by atoms with Crippen LogP contribution in [0.3, 0.4) is 0 Å². The van der Waals surface area contributed by atoms with E-state index in [2.05, 4.69) is 10.3 Å². The molecule has 1 aromatic heterocycles. The topological polar surface area (TPSA) is 111 Å². The number of nitriles is 1. The number of thioether (sulfide) groups is 1. The predicted molar refractivity (Wildman–Crippen MR) is 94.7 cm³/mol. The van der Waals surface area contributed by atoms with Gasteiger partial charge in [0.2, 0.25) is 12.7 Å². The zero-order valence-corrected chi connectivity index (χ0v) is 15.0. The van der Waals surface area contributed by atoms with E-state index in [0.717, 1.165) is 23.0 Å². The van der Waals surface area contributed by atoms with E-state index in [4.69, 9.17) is 14.2 Å². The summed E-state index contributed by atoms with van der Waals surface area (Å²) >= 11 is 1.15. The number of esters is 1. The van der Waals surface area contributed by atoms with Gasteiger partial charge in [-0.3, -0.25) is 4.79 Å². The average Bonchev–Trinajstić information content (AvgIpc) is 3.25. The number of fused-ring (bicyclic) bond motifs is 2. The number of amides is 1. The molecular formula is C18H13N3O5S. The monoisotopic (exact) mass is 383 g/mol. The first-order valence-electron chi connectivity index (χ1n) is 7.99. The fourth-order valence-electron chi connectivity index (χ4n) is 2.82. The van der Waals surface area contributed by atoms with E-state index in [1.54, 1.807) is 12.1 Å². The van der Waals surface area contributed by atoms with Gasteiger partial charge in [0.25, 0.3) is 0 Å². The van der Waals surface area contributed by atoms with E-state index >= 15 is 0 Å². The molecular weight excluding hydrogens is 370 g/mol. The Morgan fingerprint density at radius 3 is 2.85 bits per heavy atom. The number of benzene rings is 1. The van der Waals surface area contributed by atoms with Gasteiger partial charge in [-0.15, -0.1) is 0 Å². The number of pyridine rings is 1. The summed E-state index contributed by atoms with van der Waals surface area (Å²) in [5, 5.41) is 12.4. The molecule has 2 aliphatic rings. The maximum atomic E-state index is 12.4. The Balaban J connectivity index is 1.49. The zero-order valence-electron chi connectivity index (χ0n) is 14.2. The second-order valence-corrected chi connectivity index (χ2v) is 6.84.